The van der Waals surface area contributed by atoms with Crippen LogP contribution in [0.25, 0.3) is 0 Å². The lowest BCUT2D eigenvalue weighted by Crippen LogP contribution is -1.70. The fourth-order valence-corrected chi connectivity index (χ4v) is 0.771. The Labute approximate surface area is 65.8 Å². The van der Waals surface area contributed by atoms with Crippen molar-refractivity contribution in [3.8, 4) is 6.07 Å². The van der Waals surface area contributed by atoms with E-state index in [2.05, 4.69) is 4.99 Å². The lowest BCUT2D eigenvalue weighted by atomic mass is 10.2. The highest BCUT2D eigenvalue weighted by molar-refractivity contribution is 5.60. The highest BCUT2D eigenvalue weighted by Gasteiger charge is 1.88. The summed E-state index contributed by atoms with van der Waals surface area (Å²) in [6.07, 6.45) is 1.72. The van der Waals surface area contributed by atoms with E-state index < -0.39 is 0 Å². The Bertz CT molecular complexity index is 290. The van der Waals surface area contributed by atoms with E-state index >= 15 is 0 Å². The van der Waals surface area contributed by atoms with Crippen LogP contribution in [0.4, 0.5) is 5.69 Å². The fourth-order valence-electron chi connectivity index (χ4n) is 0.771. The molecule has 0 aliphatic carbocycles. The minimum Gasteiger partial charge on any atom is -0.262 e. The van der Waals surface area contributed by atoms with E-state index in [1.807, 2.05) is 25.1 Å². The molecule has 0 heterocycles. The van der Waals surface area contributed by atoms with Crippen molar-refractivity contribution in [1.29, 1.82) is 5.26 Å². The number of hydrogen-bond donors (Lipinski definition) is 0. The number of nitriles is 1. The van der Waals surface area contributed by atoms with Crippen LogP contribution in [0.2, 0.25) is 0 Å². The van der Waals surface area contributed by atoms with Gasteiger partial charge in [0.25, 0.3) is 0 Å². The first-order valence-electron chi connectivity index (χ1n) is 3.35. The summed E-state index contributed by atoms with van der Waals surface area (Å²) in [4.78, 5) is 4.05. The molecule has 0 bridgehead atoms. The van der Waals surface area contributed by atoms with E-state index in [0.717, 1.165) is 5.69 Å². The number of rotatable bonds is 1. The number of nitrogens with zero attached hydrogens (tertiary/aromatic N) is 2. The monoisotopic (exact) mass is 144 g/mol. The van der Waals surface area contributed by atoms with Gasteiger partial charge in [0.05, 0.1) is 17.3 Å². The summed E-state index contributed by atoms with van der Waals surface area (Å²) in [7, 11) is 0. The van der Waals surface area contributed by atoms with E-state index in [1.54, 1.807) is 18.3 Å². The zero-order valence-electron chi connectivity index (χ0n) is 6.28. The summed E-state index contributed by atoms with van der Waals surface area (Å²) in [6, 6.07) is 9.19. The van der Waals surface area contributed by atoms with Crippen molar-refractivity contribution in [2.24, 2.45) is 4.99 Å². The van der Waals surface area contributed by atoms with Crippen molar-refractivity contribution in [2.75, 3.05) is 0 Å². The van der Waals surface area contributed by atoms with E-state index in [9.17, 15) is 0 Å². The molecule has 0 N–H and O–H groups in total. The molecule has 11 heavy (non-hydrogen) atoms. The van der Waals surface area contributed by atoms with Crippen molar-refractivity contribution in [1.82, 2.24) is 0 Å². The van der Waals surface area contributed by atoms with Crippen molar-refractivity contribution >= 4 is 11.9 Å². The standard InChI is InChI=1S/C9H8N2/c1-2-11-9-5-3-8(7-10)4-6-9/h2-6H,1H3. The van der Waals surface area contributed by atoms with Crippen LogP contribution in [0.15, 0.2) is 29.3 Å². The Balaban J connectivity index is 2.94. The highest BCUT2D eigenvalue weighted by atomic mass is 14.7. The third-order valence-corrected chi connectivity index (χ3v) is 1.27. The first kappa shape index (κ1) is 7.49. The topological polar surface area (TPSA) is 36.1 Å². The average molecular weight is 144 g/mol. The molecular weight excluding hydrogens is 136 g/mol. The smallest absolute Gasteiger partial charge is 0.0991 e. The van der Waals surface area contributed by atoms with Gasteiger partial charge in [0.1, 0.15) is 0 Å². The maximum absolute atomic E-state index is 8.47. The summed E-state index contributed by atoms with van der Waals surface area (Å²) < 4.78 is 0. The van der Waals surface area contributed by atoms with E-state index in [-0.39, 0.29) is 0 Å². The second-order valence-corrected chi connectivity index (χ2v) is 2.05. The average Bonchev–Trinajstić information content (AvgIpc) is 2.07. The molecule has 0 amide bonds. The molecule has 0 saturated heterocycles. The van der Waals surface area contributed by atoms with Gasteiger partial charge in [-0.1, -0.05) is 0 Å². The Morgan fingerprint density at radius 3 is 2.45 bits per heavy atom. The summed E-state index contributed by atoms with van der Waals surface area (Å²) >= 11 is 0. The van der Waals surface area contributed by atoms with Crippen LogP contribution in [-0.2, 0) is 0 Å². The van der Waals surface area contributed by atoms with Gasteiger partial charge in [-0.05, 0) is 31.2 Å². The minimum atomic E-state index is 0.667. The van der Waals surface area contributed by atoms with Gasteiger partial charge in [-0.15, -0.1) is 0 Å². The molecule has 0 spiro atoms. The van der Waals surface area contributed by atoms with Gasteiger partial charge in [0, 0.05) is 6.21 Å². The van der Waals surface area contributed by atoms with E-state index in [1.165, 1.54) is 0 Å². The highest BCUT2D eigenvalue weighted by Crippen LogP contribution is 2.11. The predicted molar refractivity (Wildman–Crippen MR) is 45.0 cm³/mol. The van der Waals surface area contributed by atoms with E-state index in [4.69, 9.17) is 5.26 Å². The maximum Gasteiger partial charge on any atom is 0.0991 e. The summed E-state index contributed by atoms with van der Waals surface area (Å²) in [5.74, 6) is 0. The van der Waals surface area contributed by atoms with Crippen LogP contribution >= 0.6 is 0 Å². The summed E-state index contributed by atoms with van der Waals surface area (Å²) in [5.41, 5.74) is 1.55. The normalized spacial score (nSPS) is 9.82. The Hall–Kier alpha value is -1.62. The first-order chi connectivity index (χ1) is 5.36. The van der Waals surface area contributed by atoms with Gasteiger partial charge in [-0.25, -0.2) is 0 Å². The quantitative estimate of drug-likeness (QED) is 0.557. The zero-order chi connectivity index (χ0) is 8.10. The zero-order valence-corrected chi connectivity index (χ0v) is 6.28. The number of hydrogen-bond acceptors (Lipinski definition) is 2. The molecule has 1 aromatic rings. The molecule has 0 aromatic heterocycles. The molecule has 2 nitrogen and oxygen atoms in total. The molecule has 1 aromatic carbocycles. The van der Waals surface area contributed by atoms with Gasteiger partial charge >= 0.3 is 0 Å². The lowest BCUT2D eigenvalue weighted by Gasteiger charge is -1.90. The van der Waals surface area contributed by atoms with Crippen LogP contribution in [-0.4, -0.2) is 6.21 Å². The third kappa shape index (κ3) is 1.91. The molecule has 54 valence electrons. The Morgan fingerprint density at radius 1 is 1.36 bits per heavy atom. The molecule has 0 aliphatic rings. The SMILES string of the molecule is CC=Nc1ccc(C#N)cc1. The van der Waals surface area contributed by atoms with Crippen molar-refractivity contribution < 1.29 is 0 Å². The van der Waals surface area contributed by atoms with Gasteiger partial charge in [-0.2, -0.15) is 5.26 Å². The van der Waals surface area contributed by atoms with E-state index in [0.29, 0.717) is 5.56 Å². The second kappa shape index (κ2) is 3.52. The molecule has 1 rings (SSSR count). The van der Waals surface area contributed by atoms with Gasteiger partial charge in [-0.3, -0.25) is 4.99 Å². The minimum absolute atomic E-state index is 0.667. The lowest BCUT2D eigenvalue weighted by molar-refractivity contribution is 1.46. The molecule has 0 aliphatic heterocycles. The third-order valence-electron chi connectivity index (χ3n) is 1.27. The predicted octanol–water partition coefficient (Wildman–Crippen LogP) is 2.28. The molecule has 2 heteroatoms. The summed E-state index contributed by atoms with van der Waals surface area (Å²) in [5, 5.41) is 8.47. The van der Waals surface area contributed by atoms with Crippen LogP contribution in [0.5, 0.6) is 0 Å². The van der Waals surface area contributed by atoms with Crippen molar-refractivity contribution in [3.63, 3.8) is 0 Å². The Kier molecular flexibility index (Phi) is 2.40. The molecule has 0 atom stereocenters. The van der Waals surface area contributed by atoms with Gasteiger partial charge < -0.3 is 0 Å². The first-order valence-corrected chi connectivity index (χ1v) is 3.35. The maximum atomic E-state index is 8.47. The molecule has 0 unspecified atom stereocenters. The fraction of sp³-hybridized carbons (Fsp3) is 0.111. The summed E-state index contributed by atoms with van der Waals surface area (Å²) in [6.45, 7) is 1.86. The van der Waals surface area contributed by atoms with Crippen LogP contribution in [0.3, 0.4) is 0 Å². The van der Waals surface area contributed by atoms with Gasteiger partial charge in [0.15, 0.2) is 0 Å². The molecule has 0 fully saturated rings. The largest absolute Gasteiger partial charge is 0.262 e. The molecular formula is C9H8N2. The Morgan fingerprint density at radius 2 is 2.00 bits per heavy atom. The van der Waals surface area contributed by atoms with Gasteiger partial charge in [0.2, 0.25) is 0 Å². The molecule has 0 radical (unpaired) electrons. The number of aliphatic imine (C=N–C) groups is 1. The van der Waals surface area contributed by atoms with Crippen molar-refractivity contribution in [2.45, 2.75) is 6.92 Å². The van der Waals surface area contributed by atoms with Crippen LogP contribution in [0.1, 0.15) is 12.5 Å². The second-order valence-electron chi connectivity index (χ2n) is 2.05. The van der Waals surface area contributed by atoms with Crippen LogP contribution in [0, 0.1) is 11.3 Å². The number of benzene rings is 1. The molecule has 0 saturated carbocycles. The van der Waals surface area contributed by atoms with Crippen LogP contribution < -0.4 is 0 Å². The van der Waals surface area contributed by atoms with Crippen molar-refractivity contribution in [3.05, 3.63) is 29.8 Å².